The number of likely N-dealkylation sites (N-methyl/N-ethyl adjacent to an activating group) is 2. The molecule has 4 heterocycles. The maximum absolute atomic E-state index is 14.8. The van der Waals surface area contributed by atoms with E-state index in [9.17, 15) is 43.1 Å². The van der Waals surface area contributed by atoms with Crippen LogP contribution in [0.5, 0.6) is 0 Å². The van der Waals surface area contributed by atoms with E-state index in [2.05, 4.69) is 10.3 Å². The fraction of sp³-hybridized carbons (Fsp3) is 0.830. The highest BCUT2D eigenvalue weighted by atomic mass is 32.2. The van der Waals surface area contributed by atoms with E-state index >= 15 is 0 Å². The van der Waals surface area contributed by atoms with Gasteiger partial charge in [0.25, 0.3) is 0 Å². The lowest BCUT2D eigenvalue weighted by Crippen LogP contribution is -2.59. The van der Waals surface area contributed by atoms with Crippen molar-refractivity contribution in [3.05, 3.63) is 41.7 Å². The molecule has 0 saturated carbocycles. The zero-order valence-corrected chi connectivity index (χ0v) is 47.7. The molecule has 3 fully saturated rings. The van der Waals surface area contributed by atoms with Gasteiger partial charge in [0, 0.05) is 64.9 Å². The van der Waals surface area contributed by atoms with E-state index in [0.29, 0.717) is 37.2 Å². The number of aliphatic hydroxyl groups excluding tert-OH is 3. The van der Waals surface area contributed by atoms with Gasteiger partial charge in [0.2, 0.25) is 0 Å². The Hall–Kier alpha value is -2.81. The fourth-order valence-electron chi connectivity index (χ4n) is 11.0. The molecule has 5 rings (SSSR count). The summed E-state index contributed by atoms with van der Waals surface area (Å²) in [5.41, 5.74) is -3.47. The number of esters is 1. The van der Waals surface area contributed by atoms with E-state index in [1.165, 1.54) is 38.0 Å². The van der Waals surface area contributed by atoms with Crippen LogP contribution >= 0.6 is 0 Å². The molecule has 0 unspecified atom stereocenters. The number of cyclic esters (lactones) is 1. The van der Waals surface area contributed by atoms with Gasteiger partial charge in [0.15, 0.2) is 22.4 Å². The Morgan fingerprint density at radius 1 is 0.960 bits per heavy atom. The number of hydrogen-bond acceptors (Lipinski definition) is 19. The van der Waals surface area contributed by atoms with Crippen molar-refractivity contribution < 1.29 is 76.3 Å². The van der Waals surface area contributed by atoms with Gasteiger partial charge in [-0.25, -0.2) is 17.5 Å². The number of hydrogen-bond donors (Lipinski definition) is 5. The van der Waals surface area contributed by atoms with Crippen LogP contribution in [0.2, 0.25) is 0 Å². The van der Waals surface area contributed by atoms with E-state index in [4.69, 9.17) is 33.2 Å². The van der Waals surface area contributed by atoms with Gasteiger partial charge in [-0.1, -0.05) is 31.2 Å². The van der Waals surface area contributed by atoms with Gasteiger partial charge in [-0.2, -0.15) is 0 Å². The molecule has 0 aliphatic carbocycles. The van der Waals surface area contributed by atoms with Crippen LogP contribution < -0.4 is 0 Å². The number of sulfone groups is 1. The Morgan fingerprint density at radius 2 is 1.61 bits per heavy atom. The van der Waals surface area contributed by atoms with Crippen molar-refractivity contribution >= 4 is 15.8 Å². The molecule has 1 aromatic heterocycles. The number of aromatic nitrogens is 3. The van der Waals surface area contributed by atoms with Crippen molar-refractivity contribution in [2.45, 2.75) is 227 Å². The third-order valence-electron chi connectivity index (χ3n) is 16.3. The molecule has 2 aromatic rings. The maximum Gasteiger partial charge on any atom is 0.311 e. The van der Waals surface area contributed by atoms with Crippen LogP contribution in [0.25, 0.3) is 0 Å². The van der Waals surface area contributed by atoms with E-state index in [1.807, 2.05) is 37.7 Å². The van der Waals surface area contributed by atoms with Gasteiger partial charge in [-0.3, -0.25) is 4.79 Å². The Labute approximate surface area is 444 Å². The standard InChI is InChI=1S/C53H90FN5O15S/c1-16-42-53(11,65)47(61)34(7)58(13)28-31(4)25-51(9,64)43(24-41(33(6)49(63)73-42)72-44-26-52(10,69-15)48(62)35(8)71-44)74-50-45(60)39(23-32(5)70-50)57(12)22-21-37-29-59(56-55-37)40(27-54)46(68-14)36-17-19-38(20-18-36)75(66,67)30(2)3/h17-20,29-35,39-48,50,60-62,64-65H,16,21-28H2,1-15H3/t31-,32-,33-,34-,35+,39+,40-,41+,42-,43-,44+,45-,46-,47-,48+,50+,51-,52-,53-/m1/s1. The zero-order valence-electron chi connectivity index (χ0n) is 46.9. The van der Waals surface area contributed by atoms with Crippen LogP contribution in [0.15, 0.2) is 35.4 Å². The summed E-state index contributed by atoms with van der Waals surface area (Å²) >= 11 is 0. The Kier molecular flexibility index (Phi) is 21.8. The summed E-state index contributed by atoms with van der Waals surface area (Å²) in [5.74, 6) is -2.04. The first-order valence-electron chi connectivity index (χ1n) is 26.6. The second-order valence-electron chi connectivity index (χ2n) is 22.7. The molecule has 75 heavy (non-hydrogen) atoms. The maximum atomic E-state index is 14.8. The number of carbonyl (C=O) groups excluding carboxylic acids is 1. The van der Waals surface area contributed by atoms with E-state index < -0.39 is 136 Å². The first-order chi connectivity index (χ1) is 34.9. The summed E-state index contributed by atoms with van der Waals surface area (Å²) in [4.78, 5) is 18.4. The van der Waals surface area contributed by atoms with Crippen LogP contribution in [0.4, 0.5) is 4.39 Å². The summed E-state index contributed by atoms with van der Waals surface area (Å²) in [6, 6.07) is 4.19. The van der Waals surface area contributed by atoms with Gasteiger partial charge in [0.05, 0.1) is 57.4 Å². The van der Waals surface area contributed by atoms with E-state index in [0.717, 1.165) is 0 Å². The number of nitrogens with zero attached hydrogens (tertiary/aromatic N) is 5. The number of benzene rings is 1. The average Bonchev–Trinajstić information content (AvgIpc) is 3.83. The minimum Gasteiger partial charge on any atom is -0.459 e. The third-order valence-corrected chi connectivity index (χ3v) is 18.4. The normalized spacial score (nSPS) is 38.2. The predicted octanol–water partition coefficient (Wildman–Crippen LogP) is 3.94. The highest BCUT2D eigenvalue weighted by Crippen LogP contribution is 2.39. The minimum absolute atomic E-state index is 0.0776. The minimum atomic E-state index is -3.51. The molecule has 20 nitrogen and oxygen atoms in total. The molecule has 0 amide bonds. The molecule has 1 aromatic carbocycles. The molecule has 0 spiro atoms. The van der Waals surface area contributed by atoms with Crippen molar-refractivity contribution in [3.8, 4) is 0 Å². The van der Waals surface area contributed by atoms with Crippen LogP contribution in [-0.2, 0) is 54.2 Å². The van der Waals surface area contributed by atoms with Crippen molar-refractivity contribution in [3.63, 3.8) is 0 Å². The molecule has 19 atom stereocenters. The van der Waals surface area contributed by atoms with Crippen molar-refractivity contribution in [2.75, 3.05) is 48.1 Å². The summed E-state index contributed by atoms with van der Waals surface area (Å²) in [6.07, 6.45) is -8.49. The number of rotatable bonds is 17. The van der Waals surface area contributed by atoms with Gasteiger partial charge in [-0.05, 0) is 119 Å². The van der Waals surface area contributed by atoms with Crippen LogP contribution in [0.1, 0.15) is 132 Å². The lowest BCUT2D eigenvalue weighted by molar-refractivity contribution is -0.308. The third kappa shape index (κ3) is 14.7. The number of methoxy groups -OCH3 is 2. The molecule has 3 aliphatic rings. The van der Waals surface area contributed by atoms with Gasteiger partial charge in [-0.15, -0.1) is 5.10 Å². The van der Waals surface area contributed by atoms with Crippen molar-refractivity contribution in [1.82, 2.24) is 24.8 Å². The van der Waals surface area contributed by atoms with E-state index in [-0.39, 0.29) is 36.5 Å². The topological polar surface area (TPSA) is 254 Å². The summed E-state index contributed by atoms with van der Waals surface area (Å²) in [5, 5.41) is 67.4. The lowest BCUT2D eigenvalue weighted by Gasteiger charge is -2.47. The molecular formula is C53H90FN5O15S. The largest absolute Gasteiger partial charge is 0.459 e. The van der Waals surface area contributed by atoms with Crippen molar-refractivity contribution in [2.24, 2.45) is 11.8 Å². The molecule has 3 aliphatic heterocycles. The summed E-state index contributed by atoms with van der Waals surface area (Å²) < 4.78 is 85.3. The van der Waals surface area contributed by atoms with Crippen LogP contribution in [-0.4, -0.2) is 208 Å². The molecule has 430 valence electrons. The molecule has 3 saturated heterocycles. The number of alkyl halides is 1. The summed E-state index contributed by atoms with van der Waals surface area (Å²) in [7, 11) is 3.08. The number of halogens is 1. The molecule has 22 heteroatoms. The Bertz CT molecular complexity index is 2220. The molecule has 5 N–H and O–H groups in total. The number of carbonyl (C=O) groups is 1. The first kappa shape index (κ1) is 63.0. The number of aliphatic hydroxyl groups is 5. The second kappa shape index (κ2) is 26.0. The van der Waals surface area contributed by atoms with E-state index in [1.54, 1.807) is 73.7 Å². The zero-order chi connectivity index (χ0) is 56.1. The van der Waals surface area contributed by atoms with Crippen LogP contribution in [0, 0.1) is 11.8 Å². The highest BCUT2D eigenvalue weighted by Gasteiger charge is 2.51. The van der Waals surface area contributed by atoms with Crippen molar-refractivity contribution in [1.29, 1.82) is 0 Å². The predicted molar refractivity (Wildman–Crippen MR) is 276 cm³/mol. The second-order valence-corrected chi connectivity index (χ2v) is 25.2. The quantitative estimate of drug-likeness (QED) is 0.141. The number of ether oxygens (including phenoxy) is 7. The van der Waals surface area contributed by atoms with Gasteiger partial charge < -0.3 is 68.5 Å². The average molecular weight is 1090 g/mol. The lowest BCUT2D eigenvalue weighted by atomic mass is 9.83. The van der Waals surface area contributed by atoms with Gasteiger partial charge >= 0.3 is 5.97 Å². The van der Waals surface area contributed by atoms with Gasteiger partial charge in [0.1, 0.15) is 48.8 Å². The Morgan fingerprint density at radius 3 is 2.20 bits per heavy atom. The highest BCUT2D eigenvalue weighted by molar-refractivity contribution is 7.92. The smallest absolute Gasteiger partial charge is 0.311 e. The summed E-state index contributed by atoms with van der Waals surface area (Å²) in [6.45, 7) is 18.6. The fourth-order valence-corrected chi connectivity index (χ4v) is 12.1. The molecule has 0 radical (unpaired) electrons. The SMILES string of the molecule is CC[C@H]1OC(=O)[C@H](C)[C@@H](O[C@H]2C[C@@](C)(OC)[C@@H](O)[C@H](C)O2)C[C@@H](O[C@@H]2O[C@H](C)C[C@H](N(C)CCc3cn([C@H](CF)[C@H](OC)c4ccc(S(=O)(=O)C(C)C)cc4)nn3)[C@H]2O)[C@](C)(O)C[C@@H](C)CN(C)[C@H](C)[C@@H](O)[C@]1(C)O. The Balaban J connectivity index is 1.41. The first-order valence-corrected chi connectivity index (χ1v) is 28.1. The molecule has 0 bridgehead atoms. The van der Waals surface area contributed by atoms with Crippen LogP contribution in [0.3, 0.4) is 0 Å². The monoisotopic (exact) mass is 1090 g/mol. The molecular weight excluding hydrogens is 998 g/mol.